The highest BCUT2D eigenvalue weighted by Gasteiger charge is 2.35. The molecule has 4 amide bonds. The Morgan fingerprint density at radius 3 is 1.04 bits per heavy atom. The molecule has 0 bridgehead atoms. The van der Waals surface area contributed by atoms with Gasteiger partial charge in [-0.05, 0) is 118 Å². The minimum atomic E-state index is -0.895. The fourth-order valence-corrected chi connectivity index (χ4v) is 5.43. The van der Waals surface area contributed by atoms with Gasteiger partial charge in [0, 0.05) is 23.9 Å². The number of hydrogen-bond donors (Lipinski definition) is 0. The number of amides is 4. The SMILES string of the molecule is CC(C)(C)OC(=O)N(C(=O)OC(C)(C)C)c1cc(CSSCc2ccnc(N(C(=O)OC(C)(C)C)C(=O)OC(C)(C)C)c2)ccn1. The van der Waals surface area contributed by atoms with Crippen LogP contribution in [0.1, 0.15) is 94.2 Å². The first-order chi connectivity index (χ1) is 20.9. The normalized spacial score (nSPS) is 12.2. The van der Waals surface area contributed by atoms with E-state index in [0.717, 1.165) is 20.9 Å². The van der Waals surface area contributed by atoms with Gasteiger partial charge in [0.2, 0.25) is 0 Å². The molecular weight excluding hydrogens is 633 g/mol. The highest BCUT2D eigenvalue weighted by atomic mass is 33.1. The number of pyridine rings is 2. The number of ether oxygens (including phenoxy) is 4. The van der Waals surface area contributed by atoms with E-state index in [1.807, 2.05) is 0 Å². The first-order valence-electron chi connectivity index (χ1n) is 14.6. The van der Waals surface area contributed by atoms with E-state index in [4.69, 9.17) is 18.9 Å². The second kappa shape index (κ2) is 15.4. The predicted octanol–water partition coefficient (Wildman–Crippen LogP) is 8.91. The van der Waals surface area contributed by atoms with Crippen molar-refractivity contribution in [3.8, 4) is 0 Å². The summed E-state index contributed by atoms with van der Waals surface area (Å²) in [5.74, 6) is 1.18. The Kier molecular flexibility index (Phi) is 12.9. The maximum atomic E-state index is 13.0. The molecule has 254 valence electrons. The fourth-order valence-electron chi connectivity index (χ4n) is 3.32. The van der Waals surface area contributed by atoms with E-state index in [2.05, 4.69) is 9.97 Å². The first-order valence-corrected chi connectivity index (χ1v) is 17.1. The summed E-state index contributed by atoms with van der Waals surface area (Å²) in [6.45, 7) is 20.4. The number of rotatable bonds is 7. The predicted molar refractivity (Wildman–Crippen MR) is 181 cm³/mol. The lowest BCUT2D eigenvalue weighted by molar-refractivity contribution is 0.0406. The lowest BCUT2D eigenvalue weighted by atomic mass is 10.2. The molecule has 0 aliphatic carbocycles. The van der Waals surface area contributed by atoms with Crippen molar-refractivity contribution in [3.63, 3.8) is 0 Å². The van der Waals surface area contributed by atoms with Crippen LogP contribution in [0.4, 0.5) is 30.8 Å². The van der Waals surface area contributed by atoms with Gasteiger partial charge in [-0.1, -0.05) is 21.6 Å². The largest absolute Gasteiger partial charge is 0.443 e. The van der Waals surface area contributed by atoms with E-state index in [-0.39, 0.29) is 11.6 Å². The molecule has 46 heavy (non-hydrogen) atoms. The van der Waals surface area contributed by atoms with Gasteiger partial charge in [0.25, 0.3) is 0 Å². The van der Waals surface area contributed by atoms with Gasteiger partial charge in [-0.25, -0.2) is 29.1 Å². The van der Waals surface area contributed by atoms with Crippen molar-refractivity contribution in [2.24, 2.45) is 0 Å². The molecule has 0 radical (unpaired) electrons. The molecule has 0 spiro atoms. The summed E-state index contributed by atoms with van der Waals surface area (Å²) in [7, 11) is 3.04. The standard InChI is InChI=1S/C32H46N4O8S2/c1-29(2,3)41-25(37)35(26(38)42-30(4,5)6)23-17-21(13-15-33-23)19-45-46-20-22-14-16-34-24(18-22)36(27(39)43-31(7,8)9)28(40)44-32(10,11)12/h13-18H,19-20H2,1-12H3. The van der Waals surface area contributed by atoms with E-state index < -0.39 is 46.8 Å². The van der Waals surface area contributed by atoms with Crippen LogP contribution in [0.2, 0.25) is 0 Å². The van der Waals surface area contributed by atoms with Crippen LogP contribution in [0.25, 0.3) is 0 Å². The second-order valence-corrected chi connectivity index (χ2v) is 16.6. The maximum absolute atomic E-state index is 13.0. The summed E-state index contributed by atoms with van der Waals surface area (Å²) in [6, 6.07) is 6.82. The van der Waals surface area contributed by atoms with Crippen LogP contribution in [0.3, 0.4) is 0 Å². The van der Waals surface area contributed by atoms with Gasteiger partial charge in [-0.2, -0.15) is 9.80 Å². The lowest BCUT2D eigenvalue weighted by Gasteiger charge is -2.28. The summed E-state index contributed by atoms with van der Waals surface area (Å²) in [6.07, 6.45) is -0.562. The highest BCUT2D eigenvalue weighted by molar-refractivity contribution is 8.76. The van der Waals surface area contributed by atoms with Crippen LogP contribution in [0.15, 0.2) is 36.7 Å². The molecule has 0 saturated carbocycles. The van der Waals surface area contributed by atoms with Gasteiger partial charge in [-0.3, -0.25) is 0 Å². The Labute approximate surface area is 279 Å². The third-order valence-corrected chi connectivity index (χ3v) is 7.19. The molecule has 0 atom stereocenters. The average Bonchev–Trinajstić information content (AvgIpc) is 2.83. The number of aromatic nitrogens is 2. The van der Waals surface area contributed by atoms with Gasteiger partial charge >= 0.3 is 24.4 Å². The van der Waals surface area contributed by atoms with Gasteiger partial charge in [-0.15, -0.1) is 0 Å². The van der Waals surface area contributed by atoms with Gasteiger partial charge < -0.3 is 18.9 Å². The number of anilines is 2. The smallest absolute Gasteiger partial charge is 0.425 e. The highest BCUT2D eigenvalue weighted by Crippen LogP contribution is 2.32. The zero-order valence-electron chi connectivity index (χ0n) is 28.7. The summed E-state index contributed by atoms with van der Waals surface area (Å²) in [5.41, 5.74) is -1.76. The Balaban J connectivity index is 2.18. The zero-order chi connectivity index (χ0) is 35.1. The minimum absolute atomic E-state index is 0.0785. The number of carbonyl (C=O) groups excluding carboxylic acids is 4. The molecule has 0 aliphatic heterocycles. The molecule has 0 aromatic carbocycles. The first kappa shape index (κ1) is 38.7. The van der Waals surface area contributed by atoms with Crippen LogP contribution in [-0.2, 0) is 30.5 Å². The summed E-state index contributed by atoms with van der Waals surface area (Å²) < 4.78 is 21.8. The van der Waals surface area contributed by atoms with Crippen LogP contribution >= 0.6 is 21.6 Å². The Bertz CT molecular complexity index is 1230. The van der Waals surface area contributed by atoms with E-state index in [9.17, 15) is 19.2 Å². The molecule has 0 saturated heterocycles. The van der Waals surface area contributed by atoms with Crippen LogP contribution in [-0.4, -0.2) is 56.7 Å². The molecule has 2 aromatic heterocycles. The zero-order valence-corrected chi connectivity index (χ0v) is 30.4. The molecule has 0 fully saturated rings. The summed E-state index contributed by atoms with van der Waals surface area (Å²) in [4.78, 5) is 62.0. The number of hydrogen-bond acceptors (Lipinski definition) is 12. The van der Waals surface area contributed by atoms with E-state index in [1.165, 1.54) is 34.0 Å². The Morgan fingerprint density at radius 1 is 0.543 bits per heavy atom. The Hall–Kier alpha value is -3.52. The topological polar surface area (TPSA) is 137 Å². The molecule has 14 heteroatoms. The molecule has 0 N–H and O–H groups in total. The van der Waals surface area contributed by atoms with Crippen molar-refractivity contribution >= 4 is 57.6 Å². The van der Waals surface area contributed by atoms with Gasteiger partial charge in [0.1, 0.15) is 34.0 Å². The number of carbonyl (C=O) groups is 4. The van der Waals surface area contributed by atoms with Crippen LogP contribution in [0, 0.1) is 0 Å². The van der Waals surface area contributed by atoms with Crippen molar-refractivity contribution in [1.29, 1.82) is 0 Å². The second-order valence-electron chi connectivity index (χ2n) is 14.2. The Morgan fingerprint density at radius 2 is 0.804 bits per heavy atom. The number of imide groups is 2. The third kappa shape index (κ3) is 13.9. The molecule has 2 heterocycles. The minimum Gasteiger partial charge on any atom is -0.443 e. The summed E-state index contributed by atoms with van der Waals surface area (Å²) in [5, 5.41) is 0. The molecule has 0 aliphatic rings. The fraction of sp³-hybridized carbons (Fsp3) is 0.562. The van der Waals surface area contributed by atoms with Crippen LogP contribution < -0.4 is 9.80 Å². The van der Waals surface area contributed by atoms with Crippen molar-refractivity contribution < 1.29 is 38.1 Å². The third-order valence-electron chi connectivity index (χ3n) is 4.92. The summed E-state index contributed by atoms with van der Waals surface area (Å²) >= 11 is 0. The average molecular weight is 679 g/mol. The van der Waals surface area contributed by atoms with Gasteiger partial charge in [0.15, 0.2) is 0 Å². The van der Waals surface area contributed by atoms with Crippen molar-refractivity contribution in [1.82, 2.24) is 9.97 Å². The van der Waals surface area contributed by atoms with Crippen LogP contribution in [0.5, 0.6) is 0 Å². The molecule has 12 nitrogen and oxygen atoms in total. The monoisotopic (exact) mass is 678 g/mol. The number of nitrogens with zero attached hydrogens (tertiary/aromatic N) is 4. The maximum Gasteiger partial charge on any atom is 0.425 e. The molecule has 2 rings (SSSR count). The molecule has 0 unspecified atom stereocenters. The van der Waals surface area contributed by atoms with E-state index in [0.29, 0.717) is 11.5 Å². The van der Waals surface area contributed by atoms with E-state index in [1.54, 1.807) is 107 Å². The van der Waals surface area contributed by atoms with Crippen molar-refractivity contribution in [3.05, 3.63) is 47.8 Å². The lowest BCUT2D eigenvalue weighted by Crippen LogP contribution is -2.44. The molecule has 2 aromatic rings. The quantitative estimate of drug-likeness (QED) is 0.157. The van der Waals surface area contributed by atoms with E-state index >= 15 is 0 Å². The van der Waals surface area contributed by atoms with Gasteiger partial charge in [0.05, 0.1) is 0 Å². The molecular formula is C32H46N4O8S2. The van der Waals surface area contributed by atoms with Crippen molar-refractivity contribution in [2.75, 3.05) is 9.80 Å². The van der Waals surface area contributed by atoms with Crippen molar-refractivity contribution in [2.45, 2.75) is 117 Å².